The van der Waals surface area contributed by atoms with Gasteiger partial charge in [0.1, 0.15) is 0 Å². The first-order chi connectivity index (χ1) is 7.04. The molecule has 88 valence electrons. The average molecular weight is 222 g/mol. The molecule has 0 amide bonds. The highest BCUT2D eigenvalue weighted by Gasteiger charge is 2.34. The second-order valence-electron chi connectivity index (χ2n) is 4.57. The first-order valence-corrected chi connectivity index (χ1v) is 5.57. The lowest BCUT2D eigenvalue weighted by molar-refractivity contribution is -0.127. The van der Waals surface area contributed by atoms with E-state index in [2.05, 4.69) is 10.2 Å². The molecule has 3 fully saturated rings. The maximum absolute atomic E-state index is 12.1. The molecule has 3 heterocycles. The normalized spacial score (nSPS) is 36.6. The van der Waals surface area contributed by atoms with Crippen LogP contribution in [0.1, 0.15) is 19.3 Å². The summed E-state index contributed by atoms with van der Waals surface area (Å²) < 4.78 is 36.2. The Hall–Kier alpha value is -0.290. The lowest BCUT2D eigenvalue weighted by atomic mass is 9.90. The van der Waals surface area contributed by atoms with Crippen molar-refractivity contribution in [3.8, 4) is 0 Å². The quantitative estimate of drug-likeness (QED) is 0.763. The van der Waals surface area contributed by atoms with Crippen LogP contribution in [0, 0.1) is 5.92 Å². The molecule has 2 nitrogen and oxygen atoms in total. The van der Waals surface area contributed by atoms with Gasteiger partial charge in [-0.25, -0.2) is 0 Å². The third-order valence-corrected chi connectivity index (χ3v) is 3.52. The molecule has 15 heavy (non-hydrogen) atoms. The molecule has 2 bridgehead atoms. The molecule has 0 spiro atoms. The summed E-state index contributed by atoms with van der Waals surface area (Å²) in [6, 6.07) is 0.0686. The molecule has 0 aliphatic carbocycles. The maximum atomic E-state index is 12.1. The molecule has 0 aromatic carbocycles. The Bertz CT molecular complexity index is 209. The largest absolute Gasteiger partial charge is 0.401 e. The van der Waals surface area contributed by atoms with Gasteiger partial charge in [0, 0.05) is 6.04 Å². The van der Waals surface area contributed by atoms with Gasteiger partial charge in [0.05, 0.1) is 6.54 Å². The molecular formula is C10H17F3N2. The van der Waals surface area contributed by atoms with Crippen LogP contribution in [-0.2, 0) is 0 Å². The van der Waals surface area contributed by atoms with E-state index < -0.39 is 12.7 Å². The van der Waals surface area contributed by atoms with E-state index in [1.165, 1.54) is 0 Å². The molecule has 5 heteroatoms. The van der Waals surface area contributed by atoms with Gasteiger partial charge >= 0.3 is 6.18 Å². The van der Waals surface area contributed by atoms with Gasteiger partial charge in [-0.1, -0.05) is 0 Å². The highest BCUT2D eigenvalue weighted by atomic mass is 19.4. The van der Waals surface area contributed by atoms with Crippen molar-refractivity contribution in [1.29, 1.82) is 0 Å². The second-order valence-corrected chi connectivity index (χ2v) is 4.57. The standard InChI is InChI=1S/C10H17F3N2/c11-10(12,13)7-14-9-3-6-15-4-1-8(9)2-5-15/h8-9,14H,1-7H2. The number of nitrogens with zero attached hydrogens (tertiary/aromatic N) is 1. The zero-order valence-corrected chi connectivity index (χ0v) is 8.69. The molecular weight excluding hydrogens is 205 g/mol. The highest BCUT2D eigenvalue weighted by molar-refractivity contribution is 4.87. The molecule has 0 radical (unpaired) electrons. The predicted octanol–water partition coefficient (Wildman–Crippen LogP) is 1.62. The number of fused-ring (bicyclic) bond motifs is 4. The minimum atomic E-state index is -4.08. The Morgan fingerprint density at radius 2 is 1.67 bits per heavy atom. The van der Waals surface area contributed by atoms with Gasteiger partial charge in [0.2, 0.25) is 0 Å². The fourth-order valence-electron chi connectivity index (χ4n) is 2.65. The van der Waals surface area contributed by atoms with Crippen LogP contribution in [-0.4, -0.2) is 43.3 Å². The molecule has 1 atom stereocenters. The molecule has 1 N–H and O–H groups in total. The number of halogens is 3. The first-order valence-electron chi connectivity index (χ1n) is 5.57. The van der Waals surface area contributed by atoms with Gasteiger partial charge in [-0.15, -0.1) is 0 Å². The van der Waals surface area contributed by atoms with E-state index in [9.17, 15) is 13.2 Å². The van der Waals surface area contributed by atoms with E-state index in [-0.39, 0.29) is 6.04 Å². The summed E-state index contributed by atoms with van der Waals surface area (Å²) in [5.74, 6) is 0.450. The molecule has 3 aliphatic heterocycles. The Labute approximate surface area is 87.8 Å². The van der Waals surface area contributed by atoms with Crippen LogP contribution in [0.5, 0.6) is 0 Å². The van der Waals surface area contributed by atoms with Crippen LogP contribution >= 0.6 is 0 Å². The summed E-state index contributed by atoms with van der Waals surface area (Å²) in [5, 5.41) is 2.68. The van der Waals surface area contributed by atoms with Crippen molar-refractivity contribution >= 4 is 0 Å². The molecule has 3 rings (SSSR count). The van der Waals surface area contributed by atoms with E-state index in [0.29, 0.717) is 5.92 Å². The summed E-state index contributed by atoms with van der Waals surface area (Å²) in [7, 11) is 0. The van der Waals surface area contributed by atoms with E-state index in [0.717, 1.165) is 38.9 Å². The molecule has 3 aliphatic rings. The minimum Gasteiger partial charge on any atom is -0.306 e. The summed E-state index contributed by atoms with van der Waals surface area (Å²) in [6.07, 6.45) is -1.11. The van der Waals surface area contributed by atoms with Crippen LogP contribution in [0.15, 0.2) is 0 Å². The Balaban J connectivity index is 1.86. The fraction of sp³-hybridized carbons (Fsp3) is 1.00. The van der Waals surface area contributed by atoms with Crippen molar-refractivity contribution in [2.24, 2.45) is 5.92 Å². The van der Waals surface area contributed by atoms with Gasteiger partial charge in [-0.05, 0) is 44.8 Å². The summed E-state index contributed by atoms with van der Waals surface area (Å²) in [4.78, 5) is 2.35. The van der Waals surface area contributed by atoms with Crippen LogP contribution in [0.25, 0.3) is 0 Å². The SMILES string of the molecule is FC(F)(F)CNC1CCN2CCC1CC2. The molecule has 0 aromatic heterocycles. The Morgan fingerprint density at radius 3 is 2.27 bits per heavy atom. The smallest absolute Gasteiger partial charge is 0.306 e. The summed E-state index contributed by atoms with van der Waals surface area (Å²) in [5.41, 5.74) is 0. The number of nitrogens with one attached hydrogen (secondary N) is 1. The molecule has 0 aromatic rings. The van der Waals surface area contributed by atoms with Crippen LogP contribution in [0.3, 0.4) is 0 Å². The van der Waals surface area contributed by atoms with E-state index in [1.54, 1.807) is 0 Å². The summed E-state index contributed by atoms with van der Waals surface area (Å²) in [6.45, 7) is 2.24. The number of alkyl halides is 3. The summed E-state index contributed by atoms with van der Waals surface area (Å²) >= 11 is 0. The maximum Gasteiger partial charge on any atom is 0.401 e. The van der Waals surface area contributed by atoms with Crippen molar-refractivity contribution < 1.29 is 13.2 Å². The van der Waals surface area contributed by atoms with Crippen molar-refractivity contribution in [2.75, 3.05) is 26.2 Å². The van der Waals surface area contributed by atoms with Gasteiger partial charge in [0.15, 0.2) is 0 Å². The number of hydrogen-bond acceptors (Lipinski definition) is 2. The monoisotopic (exact) mass is 222 g/mol. The van der Waals surface area contributed by atoms with Gasteiger partial charge in [-0.2, -0.15) is 13.2 Å². The topological polar surface area (TPSA) is 15.3 Å². The van der Waals surface area contributed by atoms with Gasteiger partial charge < -0.3 is 10.2 Å². The Morgan fingerprint density at radius 1 is 1.07 bits per heavy atom. The number of piperidine rings is 1. The van der Waals surface area contributed by atoms with E-state index in [4.69, 9.17) is 0 Å². The van der Waals surface area contributed by atoms with Gasteiger partial charge in [0.25, 0.3) is 0 Å². The van der Waals surface area contributed by atoms with Crippen molar-refractivity contribution in [1.82, 2.24) is 10.2 Å². The number of hydrogen-bond donors (Lipinski definition) is 1. The lowest BCUT2D eigenvalue weighted by Gasteiger charge is -2.29. The molecule has 0 saturated carbocycles. The average Bonchev–Trinajstić information content (AvgIpc) is 2.46. The Kier molecular flexibility index (Phi) is 3.21. The lowest BCUT2D eigenvalue weighted by Crippen LogP contribution is -2.42. The van der Waals surface area contributed by atoms with Gasteiger partial charge in [-0.3, -0.25) is 0 Å². The molecule has 1 unspecified atom stereocenters. The van der Waals surface area contributed by atoms with Crippen LogP contribution < -0.4 is 5.32 Å². The third-order valence-electron chi connectivity index (χ3n) is 3.52. The first kappa shape index (κ1) is 11.2. The third kappa shape index (κ3) is 3.08. The van der Waals surface area contributed by atoms with E-state index in [1.807, 2.05) is 0 Å². The predicted molar refractivity (Wildman–Crippen MR) is 51.6 cm³/mol. The van der Waals surface area contributed by atoms with Crippen molar-refractivity contribution in [3.05, 3.63) is 0 Å². The zero-order valence-electron chi connectivity index (χ0n) is 8.69. The zero-order chi connectivity index (χ0) is 10.9. The molecule has 3 saturated heterocycles. The van der Waals surface area contributed by atoms with Crippen LogP contribution in [0.2, 0.25) is 0 Å². The van der Waals surface area contributed by atoms with Crippen molar-refractivity contribution in [3.63, 3.8) is 0 Å². The van der Waals surface area contributed by atoms with Crippen LogP contribution in [0.4, 0.5) is 13.2 Å². The fourth-order valence-corrected chi connectivity index (χ4v) is 2.65. The second kappa shape index (κ2) is 4.29. The van der Waals surface area contributed by atoms with Crippen molar-refractivity contribution in [2.45, 2.75) is 31.5 Å². The van der Waals surface area contributed by atoms with E-state index >= 15 is 0 Å². The minimum absolute atomic E-state index is 0.0686. The highest BCUT2D eigenvalue weighted by Crippen LogP contribution is 2.27. The number of rotatable bonds is 2.